The molecule has 1 aliphatic heterocycles. The van der Waals surface area contributed by atoms with Gasteiger partial charge in [0.25, 0.3) is 0 Å². The van der Waals surface area contributed by atoms with Gasteiger partial charge in [0.2, 0.25) is 5.91 Å². The first-order valence-electron chi connectivity index (χ1n) is 5.73. The van der Waals surface area contributed by atoms with Crippen LogP contribution in [0.1, 0.15) is 18.5 Å². The van der Waals surface area contributed by atoms with Gasteiger partial charge in [-0.05, 0) is 26.0 Å². The van der Waals surface area contributed by atoms with E-state index in [4.69, 9.17) is 0 Å². The first-order valence-corrected chi connectivity index (χ1v) is 5.73. The van der Waals surface area contributed by atoms with Gasteiger partial charge in [-0.2, -0.15) is 5.10 Å². The average Bonchev–Trinajstić information content (AvgIpc) is 2.82. The van der Waals surface area contributed by atoms with Crippen LogP contribution in [-0.4, -0.2) is 47.2 Å². The lowest BCUT2D eigenvalue weighted by Gasteiger charge is -2.32. The van der Waals surface area contributed by atoms with Crippen molar-refractivity contribution in [2.75, 3.05) is 20.1 Å². The second-order valence-electron chi connectivity index (χ2n) is 4.23. The van der Waals surface area contributed by atoms with E-state index >= 15 is 0 Å². The molecule has 0 saturated carbocycles. The lowest BCUT2D eigenvalue weighted by Crippen LogP contribution is -2.47. The highest BCUT2D eigenvalue weighted by Crippen LogP contribution is 2.11. The average molecular weight is 222 g/mol. The van der Waals surface area contributed by atoms with E-state index in [1.165, 1.54) is 0 Å². The molecule has 0 radical (unpaired) electrons. The Labute approximate surface area is 95.2 Å². The minimum atomic E-state index is 0.184. The van der Waals surface area contributed by atoms with Gasteiger partial charge in [0.05, 0.1) is 6.42 Å². The lowest BCUT2D eigenvalue weighted by atomic mass is 10.1. The number of likely N-dealkylation sites (tertiary alicyclic amines) is 1. The molecule has 1 aliphatic rings. The van der Waals surface area contributed by atoms with Crippen molar-refractivity contribution >= 4 is 5.91 Å². The monoisotopic (exact) mass is 222 g/mol. The van der Waals surface area contributed by atoms with E-state index in [2.05, 4.69) is 15.5 Å². The fourth-order valence-electron chi connectivity index (χ4n) is 2.10. The maximum absolute atomic E-state index is 12.0. The molecule has 2 N–H and O–H groups in total. The minimum Gasteiger partial charge on any atom is -0.341 e. The largest absolute Gasteiger partial charge is 0.341 e. The Balaban J connectivity index is 1.89. The van der Waals surface area contributed by atoms with Crippen molar-refractivity contribution < 1.29 is 4.79 Å². The zero-order valence-electron chi connectivity index (χ0n) is 9.57. The van der Waals surface area contributed by atoms with Crippen molar-refractivity contribution in [2.45, 2.75) is 25.3 Å². The summed E-state index contributed by atoms with van der Waals surface area (Å²) in [6.07, 6.45) is 4.34. The van der Waals surface area contributed by atoms with Gasteiger partial charge < -0.3 is 10.2 Å². The van der Waals surface area contributed by atoms with E-state index < -0.39 is 0 Å². The van der Waals surface area contributed by atoms with E-state index in [1.807, 2.05) is 18.0 Å². The second kappa shape index (κ2) is 5.12. The van der Waals surface area contributed by atoms with Crippen LogP contribution in [0, 0.1) is 0 Å². The fraction of sp³-hybridized carbons (Fsp3) is 0.636. The first-order chi connectivity index (χ1) is 7.79. The summed E-state index contributed by atoms with van der Waals surface area (Å²) in [6.45, 7) is 1.70. The normalized spacial score (nSPS) is 21.1. The van der Waals surface area contributed by atoms with Crippen LogP contribution in [0.5, 0.6) is 0 Å². The molecule has 1 fully saturated rings. The van der Waals surface area contributed by atoms with Crippen LogP contribution in [0.15, 0.2) is 12.3 Å². The molecule has 1 amide bonds. The molecule has 16 heavy (non-hydrogen) atoms. The Hall–Kier alpha value is -1.36. The van der Waals surface area contributed by atoms with Gasteiger partial charge in [-0.1, -0.05) is 0 Å². The smallest absolute Gasteiger partial charge is 0.228 e. The molecule has 2 heterocycles. The summed E-state index contributed by atoms with van der Waals surface area (Å²) in [5.74, 6) is 0.184. The van der Waals surface area contributed by atoms with Crippen molar-refractivity contribution in [1.82, 2.24) is 20.4 Å². The van der Waals surface area contributed by atoms with Crippen molar-refractivity contribution in [2.24, 2.45) is 0 Å². The zero-order chi connectivity index (χ0) is 11.4. The Bertz CT molecular complexity index is 336. The zero-order valence-corrected chi connectivity index (χ0v) is 9.57. The predicted molar refractivity (Wildman–Crippen MR) is 61.0 cm³/mol. The van der Waals surface area contributed by atoms with E-state index in [-0.39, 0.29) is 5.91 Å². The van der Waals surface area contributed by atoms with Gasteiger partial charge in [0.15, 0.2) is 0 Å². The first kappa shape index (κ1) is 11.1. The Morgan fingerprint density at radius 1 is 1.75 bits per heavy atom. The van der Waals surface area contributed by atoms with Gasteiger partial charge in [-0.15, -0.1) is 0 Å². The highest BCUT2D eigenvalue weighted by molar-refractivity contribution is 5.78. The molecular weight excluding hydrogens is 204 g/mol. The molecule has 5 heteroatoms. The molecule has 1 saturated heterocycles. The molecule has 88 valence electrons. The third kappa shape index (κ3) is 2.61. The summed E-state index contributed by atoms with van der Waals surface area (Å²) in [5, 5.41) is 9.90. The number of aromatic nitrogens is 2. The quantitative estimate of drug-likeness (QED) is 0.766. The molecule has 0 bridgehead atoms. The molecule has 1 aromatic rings. The molecular formula is C11H18N4O. The second-order valence-corrected chi connectivity index (χ2v) is 4.23. The number of carbonyl (C=O) groups excluding carboxylic acids is 1. The maximum Gasteiger partial charge on any atom is 0.228 e. The Morgan fingerprint density at radius 3 is 3.31 bits per heavy atom. The van der Waals surface area contributed by atoms with Crippen LogP contribution in [0.2, 0.25) is 0 Å². The van der Waals surface area contributed by atoms with Gasteiger partial charge in [0.1, 0.15) is 0 Å². The Kier molecular flexibility index (Phi) is 3.56. The summed E-state index contributed by atoms with van der Waals surface area (Å²) in [7, 11) is 1.95. The van der Waals surface area contributed by atoms with Crippen LogP contribution in [0.4, 0.5) is 0 Å². The van der Waals surface area contributed by atoms with Crippen molar-refractivity contribution in [3.8, 4) is 0 Å². The number of amides is 1. The Morgan fingerprint density at radius 2 is 2.62 bits per heavy atom. The SMILES string of the molecule is CNC1CCCN(C(=O)Cc2ccn[nH]2)C1. The molecule has 0 spiro atoms. The van der Waals surface area contributed by atoms with Crippen molar-refractivity contribution in [3.63, 3.8) is 0 Å². The van der Waals surface area contributed by atoms with Gasteiger partial charge in [-0.25, -0.2) is 0 Å². The van der Waals surface area contributed by atoms with E-state index in [9.17, 15) is 4.79 Å². The molecule has 1 atom stereocenters. The van der Waals surface area contributed by atoms with E-state index in [0.29, 0.717) is 12.5 Å². The fourth-order valence-corrected chi connectivity index (χ4v) is 2.10. The number of hydrogen-bond acceptors (Lipinski definition) is 3. The minimum absolute atomic E-state index is 0.184. The highest BCUT2D eigenvalue weighted by Gasteiger charge is 2.22. The summed E-state index contributed by atoms with van der Waals surface area (Å²) >= 11 is 0. The van der Waals surface area contributed by atoms with E-state index in [0.717, 1.165) is 31.6 Å². The van der Waals surface area contributed by atoms with Gasteiger partial charge in [-0.3, -0.25) is 9.89 Å². The summed E-state index contributed by atoms with van der Waals surface area (Å²) < 4.78 is 0. The van der Waals surface area contributed by atoms with Gasteiger partial charge >= 0.3 is 0 Å². The topological polar surface area (TPSA) is 61.0 Å². The van der Waals surface area contributed by atoms with Crippen LogP contribution in [0.25, 0.3) is 0 Å². The third-order valence-corrected chi connectivity index (χ3v) is 3.08. The molecule has 0 aliphatic carbocycles. The molecule has 1 aromatic heterocycles. The number of rotatable bonds is 3. The van der Waals surface area contributed by atoms with Crippen molar-refractivity contribution in [1.29, 1.82) is 0 Å². The summed E-state index contributed by atoms with van der Waals surface area (Å²) in [5.41, 5.74) is 0.886. The molecule has 5 nitrogen and oxygen atoms in total. The summed E-state index contributed by atoms with van der Waals surface area (Å²) in [6, 6.07) is 2.29. The predicted octanol–water partition coefficient (Wildman–Crippen LogP) is 0.163. The standard InChI is InChI=1S/C11H18N4O/c1-12-10-3-2-6-15(8-10)11(16)7-9-4-5-13-14-9/h4-5,10,12H,2-3,6-8H2,1H3,(H,13,14). The number of piperidine rings is 1. The number of hydrogen-bond donors (Lipinski definition) is 2. The number of H-pyrrole nitrogens is 1. The third-order valence-electron chi connectivity index (χ3n) is 3.08. The van der Waals surface area contributed by atoms with Crippen LogP contribution >= 0.6 is 0 Å². The molecule has 2 rings (SSSR count). The van der Waals surface area contributed by atoms with E-state index in [1.54, 1.807) is 6.20 Å². The number of likely N-dealkylation sites (N-methyl/N-ethyl adjacent to an activating group) is 1. The lowest BCUT2D eigenvalue weighted by molar-refractivity contribution is -0.131. The van der Waals surface area contributed by atoms with Crippen LogP contribution in [0.3, 0.4) is 0 Å². The molecule has 1 unspecified atom stereocenters. The number of aromatic amines is 1. The summed E-state index contributed by atoms with van der Waals surface area (Å²) in [4.78, 5) is 13.9. The van der Waals surface area contributed by atoms with Crippen LogP contribution < -0.4 is 5.32 Å². The highest BCUT2D eigenvalue weighted by atomic mass is 16.2. The molecule has 0 aromatic carbocycles. The van der Waals surface area contributed by atoms with Crippen LogP contribution in [-0.2, 0) is 11.2 Å². The maximum atomic E-state index is 12.0. The number of nitrogens with zero attached hydrogens (tertiary/aromatic N) is 2. The number of nitrogens with one attached hydrogen (secondary N) is 2. The van der Waals surface area contributed by atoms with Gasteiger partial charge in [0, 0.05) is 31.0 Å². The number of carbonyl (C=O) groups is 1. The van der Waals surface area contributed by atoms with Crippen molar-refractivity contribution in [3.05, 3.63) is 18.0 Å².